The lowest BCUT2D eigenvalue weighted by Crippen LogP contribution is -2.66. The molecule has 1 atom stereocenters. The zero-order valence-corrected chi connectivity index (χ0v) is 17.6. The molecule has 0 radical (unpaired) electrons. The fourth-order valence-corrected chi connectivity index (χ4v) is 4.49. The van der Waals surface area contributed by atoms with E-state index in [2.05, 4.69) is 10.6 Å². The van der Waals surface area contributed by atoms with E-state index in [9.17, 15) is 19.4 Å². The third-order valence-electron chi connectivity index (χ3n) is 6.42. The van der Waals surface area contributed by atoms with Crippen LogP contribution in [-0.2, 0) is 10.3 Å². The van der Waals surface area contributed by atoms with Crippen molar-refractivity contribution in [1.82, 2.24) is 10.2 Å². The number of aliphatic hydroxyl groups is 1. The van der Waals surface area contributed by atoms with E-state index in [4.69, 9.17) is 5.41 Å². The highest BCUT2D eigenvalue weighted by Gasteiger charge is 2.50. The molecular formula is C23H27FN4O3. The molecule has 31 heavy (non-hydrogen) atoms. The molecule has 1 saturated heterocycles. The van der Waals surface area contributed by atoms with Gasteiger partial charge in [0.2, 0.25) is 5.91 Å². The summed E-state index contributed by atoms with van der Waals surface area (Å²) in [5, 5.41) is 35.8. The van der Waals surface area contributed by atoms with E-state index >= 15 is 0 Å². The van der Waals surface area contributed by atoms with Crippen molar-refractivity contribution in [2.45, 2.75) is 56.7 Å². The number of rotatable bonds is 5. The molecule has 0 aromatic heterocycles. The number of carbonyl (C=O) groups is 1. The first-order valence-electron chi connectivity index (χ1n) is 10.4. The number of para-hydroxylation sites is 1. The fraction of sp³-hybridized carbons (Fsp3) is 0.391. The number of halogens is 1. The first kappa shape index (κ1) is 21.1. The van der Waals surface area contributed by atoms with Crippen molar-refractivity contribution < 1.29 is 19.4 Å². The molecule has 1 amide bonds. The molecule has 0 unspecified atom stereocenters. The molecule has 2 fully saturated rings. The van der Waals surface area contributed by atoms with Gasteiger partial charge in [-0.15, -0.1) is 0 Å². The van der Waals surface area contributed by atoms with Crippen LogP contribution in [0.4, 0.5) is 15.8 Å². The van der Waals surface area contributed by atoms with Gasteiger partial charge in [0.15, 0.2) is 5.96 Å². The number of hydrogen-bond acceptors (Lipinski definition) is 5. The lowest BCUT2D eigenvalue weighted by atomic mass is 9.72. The number of anilines is 2. The van der Waals surface area contributed by atoms with Gasteiger partial charge in [0.1, 0.15) is 11.6 Å². The average Bonchev–Trinajstić information content (AvgIpc) is 2.69. The fourth-order valence-electron chi connectivity index (χ4n) is 4.49. The van der Waals surface area contributed by atoms with E-state index in [1.54, 1.807) is 37.3 Å². The van der Waals surface area contributed by atoms with E-state index in [1.807, 2.05) is 6.92 Å². The molecule has 8 heteroatoms. The summed E-state index contributed by atoms with van der Waals surface area (Å²) in [5.74, 6) is -0.642. The van der Waals surface area contributed by atoms with Crippen LogP contribution in [0.15, 0.2) is 42.5 Å². The molecule has 1 heterocycles. The highest BCUT2D eigenvalue weighted by Crippen LogP contribution is 2.43. The third kappa shape index (κ3) is 3.83. The van der Waals surface area contributed by atoms with Crippen LogP contribution in [0.25, 0.3) is 0 Å². The summed E-state index contributed by atoms with van der Waals surface area (Å²) in [5.41, 5.74) is -0.222. The zero-order valence-electron chi connectivity index (χ0n) is 17.6. The molecule has 0 spiro atoms. The Morgan fingerprint density at radius 2 is 1.94 bits per heavy atom. The van der Waals surface area contributed by atoms with Gasteiger partial charge in [0.05, 0.1) is 23.2 Å². The van der Waals surface area contributed by atoms with Gasteiger partial charge in [0, 0.05) is 17.3 Å². The van der Waals surface area contributed by atoms with Crippen molar-refractivity contribution in [1.29, 1.82) is 5.41 Å². The van der Waals surface area contributed by atoms with Gasteiger partial charge in [0.25, 0.3) is 0 Å². The zero-order chi connectivity index (χ0) is 22.4. The minimum Gasteiger partial charge on any atom is -0.505 e. The molecule has 2 aliphatic rings. The van der Waals surface area contributed by atoms with Crippen LogP contribution in [0.5, 0.6) is 5.75 Å². The second kappa shape index (κ2) is 7.53. The topological polar surface area (TPSA) is 109 Å². The summed E-state index contributed by atoms with van der Waals surface area (Å²) < 4.78 is 13.2. The van der Waals surface area contributed by atoms with Crippen LogP contribution >= 0.6 is 0 Å². The summed E-state index contributed by atoms with van der Waals surface area (Å²) in [4.78, 5) is 14.4. The van der Waals surface area contributed by atoms with Gasteiger partial charge in [-0.05, 0) is 56.5 Å². The molecule has 1 aliphatic heterocycles. The number of amides is 1. The van der Waals surface area contributed by atoms with Crippen LogP contribution in [0.3, 0.4) is 0 Å². The molecule has 1 aliphatic carbocycles. The normalized spacial score (nSPS) is 28.1. The predicted octanol–water partition coefficient (Wildman–Crippen LogP) is 3.55. The number of nitrogens with one attached hydrogen (secondary N) is 3. The van der Waals surface area contributed by atoms with E-state index in [0.717, 1.165) is 0 Å². The van der Waals surface area contributed by atoms with E-state index in [1.165, 1.54) is 17.0 Å². The first-order chi connectivity index (χ1) is 14.6. The second-order valence-electron chi connectivity index (χ2n) is 8.72. The van der Waals surface area contributed by atoms with Gasteiger partial charge in [-0.2, -0.15) is 0 Å². The van der Waals surface area contributed by atoms with Gasteiger partial charge in [-0.25, -0.2) is 4.39 Å². The smallest absolute Gasteiger partial charge is 0.232 e. The van der Waals surface area contributed by atoms with Crippen molar-refractivity contribution in [3.63, 3.8) is 0 Å². The molecular weight excluding hydrogens is 399 g/mol. The number of benzene rings is 2. The molecule has 164 valence electrons. The predicted molar refractivity (Wildman–Crippen MR) is 116 cm³/mol. The van der Waals surface area contributed by atoms with Gasteiger partial charge in [-0.3, -0.25) is 15.1 Å². The minimum absolute atomic E-state index is 0.0294. The number of aromatic hydroxyl groups is 1. The summed E-state index contributed by atoms with van der Waals surface area (Å²) in [7, 11) is 0. The molecule has 2 aromatic carbocycles. The van der Waals surface area contributed by atoms with Crippen molar-refractivity contribution in [2.24, 2.45) is 0 Å². The highest BCUT2D eigenvalue weighted by molar-refractivity contribution is 6.00. The molecule has 7 nitrogen and oxygen atoms in total. The maximum Gasteiger partial charge on any atom is 0.232 e. The largest absolute Gasteiger partial charge is 0.505 e. The summed E-state index contributed by atoms with van der Waals surface area (Å²) in [6.45, 7) is 3.68. The minimum atomic E-state index is -0.972. The molecule has 0 bridgehead atoms. The quantitative estimate of drug-likeness (QED) is 0.470. The number of hydrogen-bond donors (Lipinski definition) is 5. The van der Waals surface area contributed by atoms with E-state index < -0.39 is 11.1 Å². The Morgan fingerprint density at radius 1 is 1.26 bits per heavy atom. The van der Waals surface area contributed by atoms with Crippen molar-refractivity contribution in [3.8, 4) is 5.75 Å². The Balaban J connectivity index is 1.55. The highest BCUT2D eigenvalue weighted by atomic mass is 19.1. The summed E-state index contributed by atoms with van der Waals surface area (Å²) >= 11 is 0. The lowest BCUT2D eigenvalue weighted by molar-refractivity contribution is -0.141. The molecule has 1 saturated carbocycles. The number of nitrogens with zero attached hydrogens (tertiary/aromatic N) is 1. The van der Waals surface area contributed by atoms with E-state index in [0.29, 0.717) is 36.2 Å². The Bertz CT molecular complexity index is 1000. The second-order valence-corrected chi connectivity index (χ2v) is 8.72. The third-order valence-corrected chi connectivity index (χ3v) is 6.42. The molecule has 4 rings (SSSR count). The van der Waals surface area contributed by atoms with Gasteiger partial charge in [-0.1, -0.05) is 19.1 Å². The van der Waals surface area contributed by atoms with Crippen LogP contribution < -0.4 is 10.6 Å². The maximum atomic E-state index is 13.2. The van der Waals surface area contributed by atoms with Crippen LogP contribution in [-0.4, -0.2) is 38.6 Å². The SMILES string of the molecule is CC[C@]1(O)C[C@@H](N2C(=N)N[C@](C)(c3cccc(Nc4ccc(F)cc4)c3O)CC2=O)C1. The van der Waals surface area contributed by atoms with E-state index in [-0.39, 0.29) is 35.9 Å². The first-order valence-corrected chi connectivity index (χ1v) is 10.4. The Kier molecular flexibility index (Phi) is 5.13. The Hall–Kier alpha value is -3.13. The van der Waals surface area contributed by atoms with Crippen molar-refractivity contribution in [3.05, 3.63) is 53.8 Å². The number of phenolic OH excluding ortho intramolecular Hbond substituents is 1. The maximum absolute atomic E-state index is 13.2. The number of phenols is 1. The monoisotopic (exact) mass is 426 g/mol. The number of guanidine groups is 1. The molecule has 5 N–H and O–H groups in total. The molecule has 2 aromatic rings. The van der Waals surface area contributed by atoms with Gasteiger partial charge < -0.3 is 20.8 Å². The van der Waals surface area contributed by atoms with Crippen LogP contribution in [0.1, 0.15) is 45.1 Å². The average molecular weight is 426 g/mol. The number of carbonyl (C=O) groups excluding carboxylic acids is 1. The van der Waals surface area contributed by atoms with Crippen molar-refractivity contribution in [2.75, 3.05) is 5.32 Å². The van der Waals surface area contributed by atoms with Crippen LogP contribution in [0.2, 0.25) is 0 Å². The Morgan fingerprint density at radius 3 is 2.55 bits per heavy atom. The standard InChI is InChI=1S/C23H27FN4O3/c1-3-23(31)11-16(12-23)28-19(29)13-22(2,27-21(28)25)17-5-4-6-18(20(17)30)26-15-9-7-14(24)8-10-15/h4-10,16,26,30-31H,3,11-13H2,1-2H3,(H2,25,27)/t16-,22-,23+/m0/s1. The lowest BCUT2D eigenvalue weighted by Gasteiger charge is -2.51. The summed E-state index contributed by atoms with van der Waals surface area (Å²) in [6.07, 6.45) is 1.59. The summed E-state index contributed by atoms with van der Waals surface area (Å²) in [6, 6.07) is 10.7. The van der Waals surface area contributed by atoms with Crippen molar-refractivity contribution >= 4 is 23.2 Å². The van der Waals surface area contributed by atoms with Gasteiger partial charge >= 0.3 is 0 Å². The van der Waals surface area contributed by atoms with Crippen LogP contribution in [0, 0.1) is 11.2 Å². The Labute approximate surface area is 180 Å².